The fourth-order valence-corrected chi connectivity index (χ4v) is 2.87. The molecule has 3 aromatic rings. The zero-order chi connectivity index (χ0) is 20.3. The Kier molecular flexibility index (Phi) is 5.31. The van der Waals surface area contributed by atoms with Crippen LogP contribution < -0.4 is 4.74 Å². The van der Waals surface area contributed by atoms with Crippen LogP contribution >= 0.6 is 0 Å². The highest BCUT2D eigenvalue weighted by Crippen LogP contribution is 2.33. The van der Waals surface area contributed by atoms with Gasteiger partial charge >= 0.3 is 0 Å². The minimum Gasteiger partial charge on any atom is -0.508 e. The van der Waals surface area contributed by atoms with Crippen molar-refractivity contribution in [1.82, 2.24) is 0 Å². The molecule has 5 N–H and O–H groups in total. The number of hydrogen-bond acceptors (Lipinski definition) is 6. The summed E-state index contributed by atoms with van der Waals surface area (Å²) in [6.45, 7) is 0. The first-order chi connectivity index (χ1) is 13.4. The number of rotatable bonds is 5. The van der Waals surface area contributed by atoms with Crippen LogP contribution in [0.3, 0.4) is 0 Å². The lowest BCUT2D eigenvalue weighted by Crippen LogP contribution is -1.93. The van der Waals surface area contributed by atoms with E-state index >= 15 is 0 Å². The monoisotopic (exact) mass is 380 g/mol. The van der Waals surface area contributed by atoms with Gasteiger partial charge in [-0.3, -0.25) is 0 Å². The summed E-state index contributed by atoms with van der Waals surface area (Å²) in [6.07, 6.45) is 3.76. The maximum Gasteiger partial charge on any atom is 0.161 e. The highest BCUT2D eigenvalue weighted by atomic mass is 16.5. The van der Waals surface area contributed by atoms with Crippen LogP contribution in [0.1, 0.15) is 22.3 Å². The molecule has 0 saturated heterocycles. The molecule has 3 rings (SSSR count). The Hall–Kier alpha value is -3.80. The third-order valence-electron chi connectivity index (χ3n) is 4.33. The van der Waals surface area contributed by atoms with E-state index in [0.717, 1.165) is 5.56 Å². The van der Waals surface area contributed by atoms with E-state index in [1.54, 1.807) is 30.4 Å². The van der Waals surface area contributed by atoms with Crippen LogP contribution in [0.2, 0.25) is 0 Å². The normalized spacial score (nSPS) is 11.0. The Morgan fingerprint density at radius 3 is 2.21 bits per heavy atom. The van der Waals surface area contributed by atoms with Gasteiger partial charge in [0.05, 0.1) is 7.11 Å². The quantitative estimate of drug-likeness (QED) is 0.338. The second kappa shape index (κ2) is 7.84. The van der Waals surface area contributed by atoms with Gasteiger partial charge in [-0.1, -0.05) is 24.3 Å². The highest BCUT2D eigenvalue weighted by molar-refractivity contribution is 5.74. The first-order valence-electron chi connectivity index (χ1n) is 8.48. The molecule has 0 aliphatic carbocycles. The molecule has 0 radical (unpaired) electrons. The molecule has 3 aromatic carbocycles. The van der Waals surface area contributed by atoms with Gasteiger partial charge in [-0.2, -0.15) is 0 Å². The molecule has 144 valence electrons. The smallest absolute Gasteiger partial charge is 0.161 e. The Morgan fingerprint density at radius 1 is 0.750 bits per heavy atom. The summed E-state index contributed by atoms with van der Waals surface area (Å²) < 4.78 is 5.09. The predicted molar refractivity (Wildman–Crippen MR) is 106 cm³/mol. The molecule has 0 aromatic heterocycles. The maximum absolute atomic E-state index is 10.3. The topological polar surface area (TPSA) is 110 Å². The van der Waals surface area contributed by atoms with E-state index in [1.165, 1.54) is 37.4 Å². The van der Waals surface area contributed by atoms with E-state index < -0.39 is 0 Å². The lowest BCUT2D eigenvalue weighted by Gasteiger charge is -2.11. The van der Waals surface area contributed by atoms with Gasteiger partial charge in [-0.25, -0.2) is 0 Å². The summed E-state index contributed by atoms with van der Waals surface area (Å²) >= 11 is 0. The van der Waals surface area contributed by atoms with E-state index in [4.69, 9.17) is 4.74 Å². The van der Waals surface area contributed by atoms with Crippen LogP contribution in [0.4, 0.5) is 0 Å². The lowest BCUT2D eigenvalue weighted by molar-refractivity contribution is 0.373. The second-order valence-corrected chi connectivity index (χ2v) is 6.30. The molecule has 0 saturated carbocycles. The minimum atomic E-state index is -0.246. The van der Waals surface area contributed by atoms with Crippen molar-refractivity contribution >= 4 is 12.2 Å². The molecule has 0 unspecified atom stereocenters. The Morgan fingerprint density at radius 2 is 1.50 bits per heavy atom. The molecular formula is C22H20O6. The minimum absolute atomic E-state index is 0.0301. The van der Waals surface area contributed by atoms with E-state index in [9.17, 15) is 25.5 Å². The van der Waals surface area contributed by atoms with Gasteiger partial charge < -0.3 is 30.3 Å². The molecule has 0 aliphatic heterocycles. The number of benzene rings is 3. The zero-order valence-corrected chi connectivity index (χ0v) is 15.1. The standard InChI is InChI=1S/C22H20O6/c1-28-22-10-13(3-7-19(22)25)2-5-15-11-16(23)12-20(26)17(15)8-14-4-6-18(24)21(27)9-14/h2-7,9-12,23-27H,8H2,1H3/b5-2+. The molecule has 0 fully saturated rings. The van der Waals surface area contributed by atoms with Crippen LogP contribution in [-0.4, -0.2) is 32.6 Å². The summed E-state index contributed by atoms with van der Waals surface area (Å²) in [4.78, 5) is 0. The van der Waals surface area contributed by atoms with E-state index in [0.29, 0.717) is 22.4 Å². The second-order valence-electron chi connectivity index (χ2n) is 6.30. The van der Waals surface area contributed by atoms with Gasteiger partial charge in [-0.05, 0) is 47.0 Å². The molecular weight excluding hydrogens is 360 g/mol. The van der Waals surface area contributed by atoms with E-state index in [-0.39, 0.29) is 35.2 Å². The van der Waals surface area contributed by atoms with Crippen LogP contribution in [-0.2, 0) is 6.42 Å². The maximum atomic E-state index is 10.3. The molecule has 0 amide bonds. The Balaban J connectivity index is 1.97. The fourth-order valence-electron chi connectivity index (χ4n) is 2.87. The number of methoxy groups -OCH3 is 1. The van der Waals surface area contributed by atoms with Gasteiger partial charge in [0, 0.05) is 18.1 Å². The van der Waals surface area contributed by atoms with E-state index in [2.05, 4.69) is 0 Å². The molecule has 0 bridgehead atoms. The molecule has 0 aliphatic rings. The summed E-state index contributed by atoms with van der Waals surface area (Å²) in [5.41, 5.74) is 2.56. The van der Waals surface area contributed by atoms with E-state index in [1.807, 2.05) is 0 Å². The first kappa shape index (κ1) is 19.0. The number of aromatic hydroxyl groups is 5. The summed E-state index contributed by atoms with van der Waals surface area (Å²) in [7, 11) is 1.46. The average Bonchev–Trinajstić information content (AvgIpc) is 2.66. The number of ether oxygens (including phenoxy) is 1. The molecule has 6 heteroatoms. The third-order valence-corrected chi connectivity index (χ3v) is 4.33. The van der Waals surface area contributed by atoms with Crippen molar-refractivity contribution < 1.29 is 30.3 Å². The largest absolute Gasteiger partial charge is 0.508 e. The lowest BCUT2D eigenvalue weighted by atomic mass is 9.97. The van der Waals surface area contributed by atoms with Gasteiger partial charge in [0.15, 0.2) is 23.0 Å². The van der Waals surface area contributed by atoms with Crippen molar-refractivity contribution in [2.45, 2.75) is 6.42 Å². The van der Waals surface area contributed by atoms with Crippen LogP contribution in [0.25, 0.3) is 12.2 Å². The molecule has 0 atom stereocenters. The summed E-state index contributed by atoms with van der Waals surface area (Å²) in [5.74, 6) is -0.277. The van der Waals surface area contributed by atoms with Crippen molar-refractivity contribution in [3.8, 4) is 34.5 Å². The summed E-state index contributed by atoms with van der Waals surface area (Å²) in [6, 6.07) is 12.1. The van der Waals surface area contributed by atoms with Crippen molar-refractivity contribution in [2.75, 3.05) is 7.11 Å². The van der Waals surface area contributed by atoms with Crippen molar-refractivity contribution in [3.05, 3.63) is 70.8 Å². The highest BCUT2D eigenvalue weighted by Gasteiger charge is 2.11. The average molecular weight is 380 g/mol. The van der Waals surface area contributed by atoms with Gasteiger partial charge in [-0.15, -0.1) is 0 Å². The fraction of sp³-hybridized carbons (Fsp3) is 0.0909. The van der Waals surface area contributed by atoms with Gasteiger partial charge in [0.2, 0.25) is 0 Å². The van der Waals surface area contributed by atoms with Gasteiger partial charge in [0.25, 0.3) is 0 Å². The van der Waals surface area contributed by atoms with Crippen molar-refractivity contribution in [1.29, 1.82) is 0 Å². The van der Waals surface area contributed by atoms with Crippen LogP contribution in [0.5, 0.6) is 34.5 Å². The Labute approximate surface area is 161 Å². The molecule has 6 nitrogen and oxygen atoms in total. The summed E-state index contributed by atoms with van der Waals surface area (Å²) in [5, 5.41) is 49.0. The van der Waals surface area contributed by atoms with Crippen molar-refractivity contribution in [3.63, 3.8) is 0 Å². The number of phenols is 5. The first-order valence-corrected chi connectivity index (χ1v) is 8.48. The van der Waals surface area contributed by atoms with Crippen LogP contribution in [0, 0.1) is 0 Å². The molecule has 0 spiro atoms. The van der Waals surface area contributed by atoms with Gasteiger partial charge in [0.1, 0.15) is 11.5 Å². The number of hydrogen-bond donors (Lipinski definition) is 5. The van der Waals surface area contributed by atoms with Crippen molar-refractivity contribution in [2.24, 2.45) is 0 Å². The SMILES string of the molecule is COc1cc(/C=C/c2cc(O)cc(O)c2Cc2ccc(O)c(O)c2)ccc1O. The molecule has 28 heavy (non-hydrogen) atoms. The zero-order valence-electron chi connectivity index (χ0n) is 15.1. The predicted octanol–water partition coefficient (Wildman–Crippen LogP) is 3.98. The number of phenolic OH excluding ortho intramolecular Hbond substituents is 5. The Bertz CT molecular complexity index is 1040. The third kappa shape index (κ3) is 4.12. The molecule has 0 heterocycles. The van der Waals surface area contributed by atoms with Crippen LogP contribution in [0.15, 0.2) is 48.5 Å².